The molecule has 2 amide bonds. The van der Waals surface area contributed by atoms with Crippen molar-refractivity contribution in [2.75, 3.05) is 11.9 Å². The van der Waals surface area contributed by atoms with Crippen LogP contribution in [0.4, 0.5) is 10.5 Å². The Labute approximate surface area is 164 Å². The lowest BCUT2D eigenvalue weighted by atomic mass is 10.1. The van der Waals surface area contributed by atoms with Gasteiger partial charge in [-0.25, -0.2) is 9.78 Å². The van der Waals surface area contributed by atoms with Crippen molar-refractivity contribution in [1.82, 2.24) is 9.88 Å². The summed E-state index contributed by atoms with van der Waals surface area (Å²) < 4.78 is 5.86. The van der Waals surface area contributed by atoms with Crippen LogP contribution in [-0.4, -0.2) is 28.5 Å². The standard InChI is InChI=1S/C23H23N3O2/c27-23(26-14-4-7-19(26)12-8-16-5-2-1-3-6-16)24-18-11-13-20-21(15-18)28-22(25-20)17-9-10-17/h1-3,5-6,8,11-13,15,17,19H,4,7,9-10,14H2,(H,24,27). The largest absolute Gasteiger partial charge is 0.440 e. The van der Waals surface area contributed by atoms with Gasteiger partial charge in [0.2, 0.25) is 0 Å². The normalized spacial score (nSPS) is 19.6. The van der Waals surface area contributed by atoms with Crippen molar-refractivity contribution < 1.29 is 9.21 Å². The molecule has 2 aliphatic rings. The highest BCUT2D eigenvalue weighted by Crippen LogP contribution is 2.40. The van der Waals surface area contributed by atoms with E-state index in [1.54, 1.807) is 0 Å². The fraction of sp³-hybridized carbons (Fsp3) is 0.304. The van der Waals surface area contributed by atoms with Crippen molar-refractivity contribution in [3.8, 4) is 0 Å². The van der Waals surface area contributed by atoms with Gasteiger partial charge in [0.05, 0.1) is 6.04 Å². The molecule has 1 atom stereocenters. The zero-order chi connectivity index (χ0) is 18.9. The van der Waals surface area contributed by atoms with E-state index in [2.05, 4.69) is 34.6 Å². The molecule has 2 fully saturated rings. The molecule has 1 saturated heterocycles. The molecule has 3 aromatic rings. The molecule has 1 saturated carbocycles. The number of fused-ring (bicyclic) bond motifs is 1. The Morgan fingerprint density at radius 3 is 2.82 bits per heavy atom. The monoisotopic (exact) mass is 373 g/mol. The average Bonchev–Trinajstić information content (AvgIpc) is 3.31. The van der Waals surface area contributed by atoms with Crippen LogP contribution in [0.5, 0.6) is 0 Å². The number of nitrogens with one attached hydrogen (secondary N) is 1. The van der Waals surface area contributed by atoms with Gasteiger partial charge in [-0.1, -0.05) is 42.5 Å². The van der Waals surface area contributed by atoms with Crippen molar-refractivity contribution in [3.63, 3.8) is 0 Å². The Balaban J connectivity index is 1.28. The van der Waals surface area contributed by atoms with Gasteiger partial charge in [0.15, 0.2) is 11.5 Å². The van der Waals surface area contributed by atoms with E-state index < -0.39 is 0 Å². The number of rotatable bonds is 4. The predicted octanol–water partition coefficient (Wildman–Crippen LogP) is 5.41. The molecular formula is C23H23N3O2. The van der Waals surface area contributed by atoms with E-state index in [1.807, 2.05) is 41.3 Å². The van der Waals surface area contributed by atoms with Gasteiger partial charge in [-0.05, 0) is 43.4 Å². The highest BCUT2D eigenvalue weighted by molar-refractivity contribution is 5.92. The van der Waals surface area contributed by atoms with Gasteiger partial charge in [-0.2, -0.15) is 0 Å². The van der Waals surface area contributed by atoms with E-state index in [0.717, 1.165) is 60.5 Å². The number of amides is 2. The fourth-order valence-corrected chi connectivity index (χ4v) is 3.75. The quantitative estimate of drug-likeness (QED) is 0.665. The lowest BCUT2D eigenvalue weighted by Gasteiger charge is -2.22. The topological polar surface area (TPSA) is 58.4 Å². The molecule has 2 heterocycles. The van der Waals surface area contributed by atoms with E-state index in [-0.39, 0.29) is 12.1 Å². The number of benzene rings is 2. The van der Waals surface area contributed by atoms with Crippen LogP contribution in [0.1, 0.15) is 43.1 Å². The summed E-state index contributed by atoms with van der Waals surface area (Å²) in [4.78, 5) is 19.3. The minimum atomic E-state index is -0.0681. The van der Waals surface area contributed by atoms with E-state index in [9.17, 15) is 4.79 Å². The Kier molecular flexibility index (Phi) is 4.35. The lowest BCUT2D eigenvalue weighted by molar-refractivity contribution is 0.214. The Hall–Kier alpha value is -3.08. The molecule has 1 aliphatic heterocycles. The van der Waals surface area contributed by atoms with Gasteiger partial charge in [0.1, 0.15) is 5.52 Å². The maximum Gasteiger partial charge on any atom is 0.322 e. The van der Waals surface area contributed by atoms with Gasteiger partial charge in [0.25, 0.3) is 0 Å². The number of carbonyl (C=O) groups excluding carboxylic acids is 1. The molecule has 1 unspecified atom stereocenters. The second-order valence-electron chi connectivity index (χ2n) is 7.61. The van der Waals surface area contributed by atoms with Crippen LogP contribution < -0.4 is 5.32 Å². The molecule has 0 spiro atoms. The van der Waals surface area contributed by atoms with Crippen LogP contribution in [-0.2, 0) is 0 Å². The first-order chi connectivity index (χ1) is 13.8. The van der Waals surface area contributed by atoms with Crippen molar-refractivity contribution in [1.29, 1.82) is 0 Å². The van der Waals surface area contributed by atoms with E-state index >= 15 is 0 Å². The molecular weight excluding hydrogens is 350 g/mol. The van der Waals surface area contributed by atoms with E-state index in [4.69, 9.17) is 4.42 Å². The summed E-state index contributed by atoms with van der Waals surface area (Å²) in [5.74, 6) is 1.30. The van der Waals surface area contributed by atoms with E-state index in [1.165, 1.54) is 0 Å². The smallest absolute Gasteiger partial charge is 0.322 e. The molecule has 5 nitrogen and oxygen atoms in total. The van der Waals surface area contributed by atoms with Crippen molar-refractivity contribution >= 4 is 28.9 Å². The summed E-state index contributed by atoms with van der Waals surface area (Å²) in [5, 5.41) is 3.02. The highest BCUT2D eigenvalue weighted by atomic mass is 16.3. The second kappa shape index (κ2) is 7.15. The number of nitrogens with zero attached hydrogens (tertiary/aromatic N) is 2. The number of aromatic nitrogens is 1. The summed E-state index contributed by atoms with van der Waals surface area (Å²) in [6.45, 7) is 0.770. The van der Waals surface area contributed by atoms with Crippen LogP contribution in [0.2, 0.25) is 0 Å². The number of hydrogen-bond donors (Lipinski definition) is 1. The van der Waals surface area contributed by atoms with Crippen LogP contribution in [0, 0.1) is 0 Å². The Morgan fingerprint density at radius 1 is 1.14 bits per heavy atom. The maximum absolute atomic E-state index is 12.8. The number of hydrogen-bond acceptors (Lipinski definition) is 3. The van der Waals surface area contributed by atoms with Gasteiger partial charge >= 0.3 is 6.03 Å². The minimum Gasteiger partial charge on any atom is -0.440 e. The van der Waals surface area contributed by atoms with Gasteiger partial charge in [-0.3, -0.25) is 0 Å². The fourth-order valence-electron chi connectivity index (χ4n) is 3.75. The molecule has 0 radical (unpaired) electrons. The molecule has 2 aromatic carbocycles. The van der Waals surface area contributed by atoms with Crippen molar-refractivity contribution in [2.24, 2.45) is 0 Å². The van der Waals surface area contributed by atoms with Crippen molar-refractivity contribution in [2.45, 2.75) is 37.6 Å². The van der Waals surface area contributed by atoms with Gasteiger partial charge < -0.3 is 14.6 Å². The first-order valence-electron chi connectivity index (χ1n) is 9.98. The van der Waals surface area contributed by atoms with E-state index in [0.29, 0.717) is 5.92 Å². The summed E-state index contributed by atoms with van der Waals surface area (Å²) in [5.41, 5.74) is 3.48. The van der Waals surface area contributed by atoms with Gasteiger partial charge in [-0.15, -0.1) is 0 Å². The summed E-state index contributed by atoms with van der Waals surface area (Å²) in [6.07, 6.45) is 8.54. The maximum atomic E-state index is 12.8. The zero-order valence-corrected chi connectivity index (χ0v) is 15.7. The van der Waals surface area contributed by atoms with Crippen LogP contribution in [0.25, 0.3) is 17.2 Å². The Morgan fingerprint density at radius 2 is 2.00 bits per heavy atom. The molecule has 1 aromatic heterocycles. The second-order valence-corrected chi connectivity index (χ2v) is 7.61. The number of oxazole rings is 1. The average molecular weight is 373 g/mol. The molecule has 142 valence electrons. The third-order valence-electron chi connectivity index (χ3n) is 5.45. The summed E-state index contributed by atoms with van der Waals surface area (Å²) in [6, 6.07) is 15.9. The lowest BCUT2D eigenvalue weighted by Crippen LogP contribution is -2.37. The molecule has 1 aliphatic carbocycles. The minimum absolute atomic E-state index is 0.0681. The van der Waals surface area contributed by atoms with Crippen LogP contribution >= 0.6 is 0 Å². The molecule has 28 heavy (non-hydrogen) atoms. The number of anilines is 1. The molecule has 5 heteroatoms. The van der Waals surface area contributed by atoms with Crippen molar-refractivity contribution in [3.05, 3.63) is 66.1 Å². The SMILES string of the molecule is O=C(Nc1ccc2nc(C3CC3)oc2c1)N1CCCC1C=Cc1ccccc1. The summed E-state index contributed by atoms with van der Waals surface area (Å²) in [7, 11) is 0. The third kappa shape index (κ3) is 3.52. The van der Waals surface area contributed by atoms with Gasteiger partial charge in [0, 0.05) is 24.2 Å². The number of carbonyl (C=O) groups is 1. The number of likely N-dealkylation sites (tertiary alicyclic amines) is 1. The summed E-state index contributed by atoms with van der Waals surface area (Å²) >= 11 is 0. The van der Waals surface area contributed by atoms with Crippen LogP contribution in [0.3, 0.4) is 0 Å². The third-order valence-corrected chi connectivity index (χ3v) is 5.45. The molecule has 0 bridgehead atoms. The first-order valence-corrected chi connectivity index (χ1v) is 9.98. The first kappa shape index (κ1) is 17.0. The predicted molar refractivity (Wildman–Crippen MR) is 110 cm³/mol. The highest BCUT2D eigenvalue weighted by Gasteiger charge is 2.29. The van der Waals surface area contributed by atoms with Crippen LogP contribution in [0.15, 0.2) is 59.0 Å². The molecule has 5 rings (SSSR count). The molecule has 1 N–H and O–H groups in total. The zero-order valence-electron chi connectivity index (χ0n) is 15.7. The number of urea groups is 1. The Bertz CT molecular complexity index is 1020.